The Balaban J connectivity index is 1.46. The van der Waals surface area contributed by atoms with Gasteiger partial charge in [0.25, 0.3) is 0 Å². The fourth-order valence-corrected chi connectivity index (χ4v) is 6.84. The molecule has 7 aromatic carbocycles. The lowest BCUT2D eigenvalue weighted by Crippen LogP contribution is -2.22. The molecule has 0 aromatic heterocycles. The molecule has 0 fully saturated rings. The molecule has 0 unspecified atom stereocenters. The first kappa shape index (κ1) is 28.9. The molecule has 0 saturated carbocycles. The highest BCUT2D eigenvalue weighted by Gasteiger charge is 2.36. The summed E-state index contributed by atoms with van der Waals surface area (Å²) in [4.78, 5) is 4.57. The topological polar surface area (TPSA) is 72.5 Å². The number of hydrogen-bond donors (Lipinski definition) is 0. The van der Waals surface area contributed by atoms with Gasteiger partial charge in [0.15, 0.2) is 23.0 Å². The molecule has 0 saturated heterocycles. The van der Waals surface area contributed by atoms with Gasteiger partial charge in [-0.25, -0.2) is 0 Å². The first-order chi connectivity index (χ1) is 24.7. The summed E-state index contributed by atoms with van der Waals surface area (Å²) in [6.07, 6.45) is 0. The van der Waals surface area contributed by atoms with Gasteiger partial charge in [-0.05, 0) is 83.9 Å². The van der Waals surface area contributed by atoms with Crippen LogP contribution in [0.25, 0.3) is 22.3 Å². The quantitative estimate of drug-likeness (QED) is 0.190. The van der Waals surface area contributed by atoms with E-state index in [1.54, 1.807) is 0 Å². The maximum absolute atomic E-state index is 9.67. The summed E-state index contributed by atoms with van der Waals surface area (Å²) in [6, 6.07) is 56.5. The lowest BCUT2D eigenvalue weighted by molar-refractivity contribution is 0.476. The van der Waals surface area contributed by atoms with Gasteiger partial charge in [0.2, 0.25) is 0 Å². The SMILES string of the molecule is N#Cc1ccc(-c2ccc(-c3ccc(C#N)cc3)c(N3c4ccccc4Oc4ccccc43)c2N2c3ccccc3Oc3ccccc32)cc1. The Bertz CT molecular complexity index is 2260. The van der Waals surface area contributed by atoms with Crippen molar-refractivity contribution in [2.75, 3.05) is 9.80 Å². The summed E-state index contributed by atoms with van der Waals surface area (Å²) in [7, 11) is 0. The highest BCUT2D eigenvalue weighted by atomic mass is 16.5. The van der Waals surface area contributed by atoms with E-state index in [1.807, 2.05) is 121 Å². The third kappa shape index (κ3) is 4.64. The molecule has 50 heavy (non-hydrogen) atoms. The lowest BCUT2D eigenvalue weighted by Gasteiger charge is -2.40. The molecular weight excluding hydrogens is 617 g/mol. The molecule has 2 aliphatic heterocycles. The number of hydrogen-bond acceptors (Lipinski definition) is 6. The number of ether oxygens (including phenoxy) is 2. The third-order valence-corrected chi connectivity index (χ3v) is 9.11. The van der Waals surface area contributed by atoms with Gasteiger partial charge in [-0.2, -0.15) is 10.5 Å². The van der Waals surface area contributed by atoms with E-state index in [4.69, 9.17) is 9.47 Å². The minimum Gasteiger partial charge on any atom is -0.453 e. The molecule has 7 aromatic rings. The fraction of sp³-hybridized carbons (Fsp3) is 0. The predicted molar refractivity (Wildman–Crippen MR) is 196 cm³/mol. The second kappa shape index (κ2) is 11.8. The summed E-state index contributed by atoms with van der Waals surface area (Å²) in [5.41, 5.74) is 10.3. The van der Waals surface area contributed by atoms with Crippen LogP contribution in [0.1, 0.15) is 11.1 Å². The van der Waals surface area contributed by atoms with Gasteiger partial charge < -0.3 is 19.3 Å². The van der Waals surface area contributed by atoms with E-state index in [2.05, 4.69) is 58.3 Å². The summed E-state index contributed by atoms with van der Waals surface area (Å²) < 4.78 is 13.0. The molecule has 0 aliphatic carbocycles. The van der Waals surface area contributed by atoms with Crippen molar-refractivity contribution in [1.29, 1.82) is 10.5 Å². The number of rotatable bonds is 4. The molecule has 6 nitrogen and oxygen atoms in total. The molecule has 2 aliphatic rings. The van der Waals surface area contributed by atoms with Crippen LogP contribution in [0.4, 0.5) is 34.1 Å². The van der Waals surface area contributed by atoms with Crippen molar-refractivity contribution in [3.63, 3.8) is 0 Å². The highest BCUT2D eigenvalue weighted by Crippen LogP contribution is 2.61. The second-order valence-electron chi connectivity index (χ2n) is 12.0. The Morgan fingerprint density at radius 2 is 0.660 bits per heavy atom. The Hall–Kier alpha value is -7.28. The molecule has 0 radical (unpaired) electrons. The molecule has 0 spiro atoms. The second-order valence-corrected chi connectivity index (χ2v) is 12.0. The van der Waals surface area contributed by atoms with Gasteiger partial charge in [0.1, 0.15) is 0 Å². The van der Waals surface area contributed by atoms with Crippen molar-refractivity contribution in [2.45, 2.75) is 0 Å². The monoisotopic (exact) mass is 642 g/mol. The number of para-hydroxylation sites is 8. The zero-order valence-corrected chi connectivity index (χ0v) is 26.6. The molecule has 6 heteroatoms. The van der Waals surface area contributed by atoms with Crippen LogP contribution in [0.3, 0.4) is 0 Å². The van der Waals surface area contributed by atoms with Crippen LogP contribution in [-0.2, 0) is 0 Å². The molecule has 9 rings (SSSR count). The Kier molecular flexibility index (Phi) is 6.79. The van der Waals surface area contributed by atoms with E-state index < -0.39 is 0 Å². The minimum atomic E-state index is 0.586. The molecule has 234 valence electrons. The largest absolute Gasteiger partial charge is 0.453 e. The van der Waals surface area contributed by atoms with Crippen LogP contribution >= 0.6 is 0 Å². The van der Waals surface area contributed by atoms with Crippen molar-refractivity contribution in [1.82, 2.24) is 0 Å². The molecule has 2 heterocycles. The van der Waals surface area contributed by atoms with Crippen molar-refractivity contribution in [3.8, 4) is 57.4 Å². The number of fused-ring (bicyclic) bond motifs is 4. The summed E-state index contributed by atoms with van der Waals surface area (Å²) in [5.74, 6) is 2.92. The zero-order chi connectivity index (χ0) is 33.6. The van der Waals surface area contributed by atoms with E-state index in [9.17, 15) is 10.5 Å². The average Bonchev–Trinajstić information content (AvgIpc) is 3.18. The van der Waals surface area contributed by atoms with Crippen molar-refractivity contribution in [3.05, 3.63) is 169 Å². The number of nitrogens with zero attached hydrogens (tertiary/aromatic N) is 4. The number of nitriles is 2. The standard InChI is InChI=1S/C44H26N4O2/c45-27-29-17-21-31(22-18-29)33-25-26-34(32-23-19-30(28-46)20-24-32)44(48-37-11-3-7-15-41(37)50-42-16-8-4-12-38(42)48)43(33)47-35-9-1-5-13-39(35)49-40-14-6-2-10-36(40)47/h1-26H. The van der Waals surface area contributed by atoms with Gasteiger partial charge in [-0.15, -0.1) is 0 Å². The van der Waals surface area contributed by atoms with E-state index in [1.165, 1.54) is 0 Å². The third-order valence-electron chi connectivity index (χ3n) is 9.11. The van der Waals surface area contributed by atoms with Crippen LogP contribution in [0.15, 0.2) is 158 Å². The highest BCUT2D eigenvalue weighted by molar-refractivity contribution is 6.08. The first-order valence-corrected chi connectivity index (χ1v) is 16.2. The van der Waals surface area contributed by atoms with E-state index in [0.29, 0.717) is 11.1 Å². The van der Waals surface area contributed by atoms with Gasteiger partial charge >= 0.3 is 0 Å². The summed E-state index contributed by atoms with van der Waals surface area (Å²) in [6.45, 7) is 0. The van der Waals surface area contributed by atoms with E-state index in [-0.39, 0.29) is 0 Å². The molecule has 0 bridgehead atoms. The van der Waals surface area contributed by atoms with E-state index >= 15 is 0 Å². The van der Waals surface area contributed by atoms with E-state index in [0.717, 1.165) is 79.4 Å². The van der Waals surface area contributed by atoms with Crippen molar-refractivity contribution < 1.29 is 9.47 Å². The lowest BCUT2D eigenvalue weighted by atomic mass is 9.92. The van der Waals surface area contributed by atoms with Crippen LogP contribution in [0.5, 0.6) is 23.0 Å². The zero-order valence-electron chi connectivity index (χ0n) is 26.6. The number of benzene rings is 7. The molecule has 0 atom stereocenters. The smallest absolute Gasteiger partial charge is 0.151 e. The fourth-order valence-electron chi connectivity index (χ4n) is 6.84. The normalized spacial score (nSPS) is 12.2. The Labute approximate surface area is 289 Å². The van der Waals surface area contributed by atoms with Crippen LogP contribution in [-0.4, -0.2) is 0 Å². The van der Waals surface area contributed by atoms with Gasteiger partial charge in [-0.1, -0.05) is 84.9 Å². The maximum atomic E-state index is 9.67. The van der Waals surface area contributed by atoms with Gasteiger partial charge in [0.05, 0.1) is 57.4 Å². The Morgan fingerprint density at radius 1 is 0.360 bits per heavy atom. The first-order valence-electron chi connectivity index (χ1n) is 16.2. The van der Waals surface area contributed by atoms with Crippen LogP contribution in [0.2, 0.25) is 0 Å². The number of anilines is 6. The van der Waals surface area contributed by atoms with Crippen LogP contribution < -0.4 is 19.3 Å². The maximum Gasteiger partial charge on any atom is 0.151 e. The van der Waals surface area contributed by atoms with Crippen LogP contribution in [0, 0.1) is 22.7 Å². The molecule has 0 N–H and O–H groups in total. The molecule has 0 amide bonds. The minimum absolute atomic E-state index is 0.586. The van der Waals surface area contributed by atoms with Crippen molar-refractivity contribution in [2.24, 2.45) is 0 Å². The summed E-state index contributed by atoms with van der Waals surface area (Å²) >= 11 is 0. The van der Waals surface area contributed by atoms with Crippen molar-refractivity contribution >= 4 is 34.1 Å². The average molecular weight is 643 g/mol. The predicted octanol–water partition coefficient (Wildman–Crippen LogP) is 11.9. The Morgan fingerprint density at radius 3 is 0.960 bits per heavy atom. The molecular formula is C44H26N4O2. The summed E-state index contributed by atoms with van der Waals surface area (Å²) in [5, 5.41) is 19.3. The van der Waals surface area contributed by atoms with Gasteiger partial charge in [0, 0.05) is 11.1 Å². The van der Waals surface area contributed by atoms with Gasteiger partial charge in [-0.3, -0.25) is 0 Å².